The van der Waals surface area contributed by atoms with Gasteiger partial charge in [0.25, 0.3) is 0 Å². The van der Waals surface area contributed by atoms with Gasteiger partial charge in [0, 0.05) is 13.0 Å². The summed E-state index contributed by atoms with van der Waals surface area (Å²) in [5, 5.41) is 0. The average molecular weight is 515 g/mol. The van der Waals surface area contributed by atoms with Gasteiger partial charge in [0.15, 0.2) is 0 Å². The van der Waals surface area contributed by atoms with Crippen LogP contribution in [-0.4, -0.2) is 18.5 Å². The molecular weight excluding hydrogens is 460 g/mol. The van der Waals surface area contributed by atoms with Crippen LogP contribution < -0.4 is 0 Å². The second-order valence-electron chi connectivity index (χ2n) is 9.07. The van der Waals surface area contributed by atoms with E-state index in [4.69, 9.17) is 4.74 Å². The molecule has 0 aliphatic heterocycles. The number of hydrogen-bond donors (Lipinski definition) is 0. The Hall–Kier alpha value is -2.62. The number of carbonyl (C=O) groups excluding carboxylic acids is 2. The Balaban J connectivity index is 0. The number of esters is 2. The van der Waals surface area contributed by atoms with E-state index in [2.05, 4.69) is 31.4 Å². The van der Waals surface area contributed by atoms with Gasteiger partial charge in [0.05, 0.1) is 12.9 Å². The molecular formula is C33H54O4. The van der Waals surface area contributed by atoms with Crippen LogP contribution in [0, 0.1) is 0 Å². The summed E-state index contributed by atoms with van der Waals surface area (Å²) in [6, 6.07) is 10.0. The minimum Gasteiger partial charge on any atom is -0.463 e. The molecule has 0 unspecified atom stereocenters. The van der Waals surface area contributed by atoms with Crippen molar-refractivity contribution in [3.8, 4) is 0 Å². The zero-order chi connectivity index (χ0) is 27.8. The maximum atomic E-state index is 10.8. The molecule has 0 saturated heterocycles. The van der Waals surface area contributed by atoms with Gasteiger partial charge in [0.1, 0.15) is 0 Å². The van der Waals surface area contributed by atoms with Gasteiger partial charge in [-0.1, -0.05) is 159 Å². The fourth-order valence-corrected chi connectivity index (χ4v) is 3.59. The first-order chi connectivity index (χ1) is 18.0. The summed E-state index contributed by atoms with van der Waals surface area (Å²) in [5.74, 6) is -0.629. The van der Waals surface area contributed by atoms with E-state index < -0.39 is 0 Å². The molecule has 0 aliphatic rings. The van der Waals surface area contributed by atoms with E-state index in [1.54, 1.807) is 0 Å². The molecule has 210 valence electrons. The van der Waals surface area contributed by atoms with Crippen LogP contribution in [0.3, 0.4) is 0 Å². The van der Waals surface area contributed by atoms with Crippen molar-refractivity contribution in [1.82, 2.24) is 0 Å². The summed E-state index contributed by atoms with van der Waals surface area (Å²) in [5.41, 5.74) is 1.17. The average Bonchev–Trinajstić information content (AvgIpc) is 2.91. The Morgan fingerprint density at radius 1 is 0.703 bits per heavy atom. The summed E-state index contributed by atoms with van der Waals surface area (Å²) in [6.07, 6.45) is 25.9. The molecule has 0 fully saturated rings. The standard InChI is InChI=1S/C21H40O2.C8H8.C4H6O2/c1-3-5-6-7-8-9-10-11-12-13-14-15-16-17-18-19-20-23-21(22)4-2;1-2-8-6-4-3-5-7-8;1-3-6-4(2)5/h4H,2-3,5-20H2,1H3;2-7H,1H2;3H,1H2,2H3. The molecule has 0 atom stereocenters. The predicted octanol–water partition coefficient (Wildman–Crippen LogP) is 10.00. The number of unbranched alkanes of at least 4 members (excludes halogenated alkanes) is 15. The van der Waals surface area contributed by atoms with Crippen LogP contribution in [0.4, 0.5) is 0 Å². The Labute approximate surface area is 228 Å². The van der Waals surface area contributed by atoms with Gasteiger partial charge >= 0.3 is 11.9 Å². The molecule has 0 heterocycles. The monoisotopic (exact) mass is 514 g/mol. The SMILES string of the molecule is C=CC(=O)OCCCCCCCCCCCCCCCCCC.C=COC(C)=O.C=Cc1ccccc1. The molecule has 0 amide bonds. The molecule has 1 aromatic rings. The van der Waals surface area contributed by atoms with Crippen molar-refractivity contribution in [1.29, 1.82) is 0 Å². The molecule has 4 heteroatoms. The van der Waals surface area contributed by atoms with E-state index >= 15 is 0 Å². The van der Waals surface area contributed by atoms with Gasteiger partial charge in [-0.25, -0.2) is 4.79 Å². The number of rotatable bonds is 20. The molecule has 0 spiro atoms. The number of hydrogen-bond acceptors (Lipinski definition) is 4. The molecule has 0 bridgehead atoms. The summed E-state index contributed by atoms with van der Waals surface area (Å²) < 4.78 is 9.12. The van der Waals surface area contributed by atoms with Crippen LogP contribution in [0.15, 0.2) is 62.4 Å². The van der Waals surface area contributed by atoms with Gasteiger partial charge < -0.3 is 9.47 Å². The molecule has 1 aromatic carbocycles. The number of benzene rings is 1. The molecule has 0 saturated carbocycles. The van der Waals surface area contributed by atoms with Crippen molar-refractivity contribution >= 4 is 18.0 Å². The minimum atomic E-state index is -0.329. The molecule has 0 aromatic heterocycles. The summed E-state index contributed by atoms with van der Waals surface area (Å²) in [4.78, 5) is 20.6. The highest BCUT2D eigenvalue weighted by Crippen LogP contribution is 2.13. The Morgan fingerprint density at radius 3 is 1.43 bits per heavy atom. The van der Waals surface area contributed by atoms with E-state index in [0.29, 0.717) is 6.61 Å². The quantitative estimate of drug-likeness (QED) is 0.0751. The Kier molecular flexibility index (Phi) is 31.0. The van der Waals surface area contributed by atoms with E-state index in [-0.39, 0.29) is 11.9 Å². The lowest BCUT2D eigenvalue weighted by Gasteiger charge is -2.04. The van der Waals surface area contributed by atoms with Gasteiger partial charge in [-0.15, -0.1) is 0 Å². The van der Waals surface area contributed by atoms with Crippen molar-refractivity contribution < 1.29 is 19.1 Å². The van der Waals surface area contributed by atoms with E-state index in [1.807, 2.05) is 36.4 Å². The summed E-state index contributed by atoms with van der Waals surface area (Å²) in [6.45, 7) is 14.3. The number of ether oxygens (including phenoxy) is 2. The second kappa shape index (κ2) is 31.4. The fraction of sp³-hybridized carbons (Fsp3) is 0.576. The van der Waals surface area contributed by atoms with E-state index in [0.717, 1.165) is 12.7 Å². The van der Waals surface area contributed by atoms with Crippen molar-refractivity contribution in [3.63, 3.8) is 0 Å². The fourth-order valence-electron chi connectivity index (χ4n) is 3.59. The van der Waals surface area contributed by atoms with Crippen LogP contribution in [-0.2, 0) is 19.1 Å². The van der Waals surface area contributed by atoms with Crippen molar-refractivity contribution in [3.05, 3.63) is 68.0 Å². The highest BCUT2D eigenvalue weighted by Gasteiger charge is 1.96. The lowest BCUT2D eigenvalue weighted by molar-refractivity contribution is -0.138. The highest BCUT2D eigenvalue weighted by molar-refractivity contribution is 5.81. The van der Waals surface area contributed by atoms with E-state index in [1.165, 1.54) is 115 Å². The zero-order valence-corrected chi connectivity index (χ0v) is 23.9. The summed E-state index contributed by atoms with van der Waals surface area (Å²) >= 11 is 0. The lowest BCUT2D eigenvalue weighted by Crippen LogP contribution is -2.01. The third-order valence-electron chi connectivity index (χ3n) is 5.69. The largest absolute Gasteiger partial charge is 0.463 e. The molecule has 0 aliphatic carbocycles. The topological polar surface area (TPSA) is 52.6 Å². The minimum absolute atomic E-state index is 0.300. The van der Waals surface area contributed by atoms with Crippen LogP contribution in [0.2, 0.25) is 0 Å². The molecule has 37 heavy (non-hydrogen) atoms. The first kappa shape index (κ1) is 36.5. The summed E-state index contributed by atoms with van der Waals surface area (Å²) in [7, 11) is 0. The van der Waals surface area contributed by atoms with Gasteiger partial charge in [0.2, 0.25) is 0 Å². The highest BCUT2D eigenvalue weighted by atomic mass is 16.5. The van der Waals surface area contributed by atoms with Crippen LogP contribution >= 0.6 is 0 Å². The van der Waals surface area contributed by atoms with Crippen LogP contribution in [0.25, 0.3) is 6.08 Å². The molecule has 0 N–H and O–H groups in total. The van der Waals surface area contributed by atoms with Crippen LogP contribution in [0.1, 0.15) is 122 Å². The van der Waals surface area contributed by atoms with Gasteiger partial charge in [-0.2, -0.15) is 0 Å². The van der Waals surface area contributed by atoms with E-state index in [9.17, 15) is 9.59 Å². The Bertz CT molecular complexity index is 666. The maximum absolute atomic E-state index is 10.8. The molecule has 1 rings (SSSR count). The zero-order valence-electron chi connectivity index (χ0n) is 23.9. The first-order valence-corrected chi connectivity index (χ1v) is 14.3. The lowest BCUT2D eigenvalue weighted by atomic mass is 10.0. The normalized spacial score (nSPS) is 9.57. The van der Waals surface area contributed by atoms with Crippen LogP contribution in [0.5, 0.6) is 0 Å². The van der Waals surface area contributed by atoms with Gasteiger partial charge in [-0.05, 0) is 12.0 Å². The number of carbonyl (C=O) groups is 2. The Morgan fingerprint density at radius 2 is 1.14 bits per heavy atom. The predicted molar refractivity (Wildman–Crippen MR) is 159 cm³/mol. The molecule has 0 radical (unpaired) electrons. The third kappa shape index (κ3) is 33.4. The van der Waals surface area contributed by atoms with Crippen molar-refractivity contribution in [2.45, 2.75) is 117 Å². The smallest absolute Gasteiger partial charge is 0.330 e. The van der Waals surface area contributed by atoms with Crippen molar-refractivity contribution in [2.75, 3.05) is 6.61 Å². The first-order valence-electron chi connectivity index (χ1n) is 14.3. The second-order valence-corrected chi connectivity index (χ2v) is 9.07. The van der Waals surface area contributed by atoms with Gasteiger partial charge in [-0.3, -0.25) is 4.79 Å². The third-order valence-corrected chi connectivity index (χ3v) is 5.69. The maximum Gasteiger partial charge on any atom is 0.330 e. The van der Waals surface area contributed by atoms with Crippen molar-refractivity contribution in [2.24, 2.45) is 0 Å². The molecule has 4 nitrogen and oxygen atoms in total.